The lowest BCUT2D eigenvalue weighted by molar-refractivity contribution is 0.188. The summed E-state index contributed by atoms with van der Waals surface area (Å²) >= 11 is 8.81. The molecule has 1 aromatic carbocycles. The minimum absolute atomic E-state index is 0.178. The van der Waals surface area contributed by atoms with Gasteiger partial charge in [0, 0.05) is 10.0 Å². The highest BCUT2D eigenvalue weighted by Gasteiger charge is 2.17. The van der Waals surface area contributed by atoms with Crippen LogP contribution in [0.3, 0.4) is 0 Å². The van der Waals surface area contributed by atoms with Gasteiger partial charge in [-0.2, -0.15) is 0 Å². The molecule has 0 bridgehead atoms. The monoisotopic (exact) mass is 323 g/mol. The minimum atomic E-state index is -0.717. The predicted octanol–water partition coefficient (Wildman–Crippen LogP) is 4.13. The topological polar surface area (TPSA) is 38.3 Å². The van der Waals surface area contributed by atoms with Gasteiger partial charge in [-0.25, -0.2) is 9.18 Å². The van der Waals surface area contributed by atoms with Crippen LogP contribution >= 0.6 is 27.5 Å². The Bertz CT molecular complexity index is 446. The summed E-state index contributed by atoms with van der Waals surface area (Å²) in [6, 6.07) is 2.38. The number of halogens is 3. The molecule has 0 fully saturated rings. The van der Waals surface area contributed by atoms with Crippen molar-refractivity contribution in [2.24, 2.45) is 0 Å². The zero-order valence-electron chi connectivity index (χ0n) is 9.61. The van der Waals surface area contributed by atoms with Crippen molar-refractivity contribution in [3.63, 3.8) is 0 Å². The molecule has 0 aliphatic heterocycles. The summed E-state index contributed by atoms with van der Waals surface area (Å²) in [7, 11) is 0. The molecular weight excluding hydrogens is 312 g/mol. The van der Waals surface area contributed by atoms with Crippen LogP contribution in [0.2, 0.25) is 5.02 Å². The summed E-state index contributed by atoms with van der Waals surface area (Å²) in [6.07, 6.45) is -0.717. The molecular formula is C11H12BrClFNO2. The van der Waals surface area contributed by atoms with Gasteiger partial charge in [-0.15, -0.1) is 0 Å². The SMILES string of the molecule is CC(C)(C)NC(=O)Oc1cc(Br)c(Cl)cc1F. The maximum absolute atomic E-state index is 13.4. The molecule has 0 saturated heterocycles. The second kappa shape index (κ2) is 5.23. The van der Waals surface area contributed by atoms with Crippen LogP contribution in [0.4, 0.5) is 9.18 Å². The van der Waals surface area contributed by atoms with Crippen LogP contribution in [0.25, 0.3) is 0 Å². The summed E-state index contributed by atoms with van der Waals surface area (Å²) in [4.78, 5) is 11.4. The minimum Gasteiger partial charge on any atom is -0.407 e. The van der Waals surface area contributed by atoms with E-state index < -0.39 is 17.4 Å². The van der Waals surface area contributed by atoms with E-state index in [0.717, 1.165) is 6.07 Å². The Kier molecular flexibility index (Phi) is 4.38. The first kappa shape index (κ1) is 14.3. The fraction of sp³-hybridized carbons (Fsp3) is 0.364. The standard InChI is InChI=1S/C11H12BrClFNO2/c1-11(2,3)15-10(16)17-9-4-6(12)7(13)5-8(9)14/h4-5H,1-3H3,(H,15,16). The van der Waals surface area contributed by atoms with Gasteiger partial charge in [0.1, 0.15) is 0 Å². The Morgan fingerprint density at radius 1 is 1.47 bits per heavy atom. The number of amides is 1. The lowest BCUT2D eigenvalue weighted by Crippen LogP contribution is -2.42. The fourth-order valence-electron chi connectivity index (χ4n) is 1.01. The van der Waals surface area contributed by atoms with Crippen LogP contribution in [0.1, 0.15) is 20.8 Å². The molecule has 0 aromatic heterocycles. The number of ether oxygens (including phenoxy) is 1. The molecule has 0 heterocycles. The molecule has 1 rings (SSSR count). The van der Waals surface area contributed by atoms with E-state index in [1.165, 1.54) is 6.07 Å². The Morgan fingerprint density at radius 3 is 2.59 bits per heavy atom. The van der Waals surface area contributed by atoms with Gasteiger partial charge < -0.3 is 10.1 Å². The summed E-state index contributed by atoms with van der Waals surface area (Å²) in [5.74, 6) is -0.870. The molecule has 0 unspecified atom stereocenters. The highest BCUT2D eigenvalue weighted by molar-refractivity contribution is 9.10. The Labute approximate surface area is 112 Å². The van der Waals surface area contributed by atoms with E-state index in [2.05, 4.69) is 21.2 Å². The average Bonchev–Trinajstić information content (AvgIpc) is 2.11. The molecule has 0 spiro atoms. The molecule has 0 atom stereocenters. The van der Waals surface area contributed by atoms with E-state index in [1.54, 1.807) is 20.8 Å². The molecule has 17 heavy (non-hydrogen) atoms. The smallest absolute Gasteiger partial charge is 0.407 e. The van der Waals surface area contributed by atoms with Crippen LogP contribution in [0.5, 0.6) is 5.75 Å². The molecule has 94 valence electrons. The lowest BCUT2D eigenvalue weighted by atomic mass is 10.1. The van der Waals surface area contributed by atoms with Crippen LogP contribution in [-0.2, 0) is 0 Å². The highest BCUT2D eigenvalue weighted by atomic mass is 79.9. The Morgan fingerprint density at radius 2 is 2.06 bits per heavy atom. The van der Waals surface area contributed by atoms with Gasteiger partial charge in [-0.3, -0.25) is 0 Å². The van der Waals surface area contributed by atoms with Gasteiger partial charge >= 0.3 is 6.09 Å². The third-order valence-corrected chi connectivity index (χ3v) is 2.85. The number of carbonyl (C=O) groups is 1. The van der Waals surface area contributed by atoms with E-state index in [-0.39, 0.29) is 10.8 Å². The zero-order valence-corrected chi connectivity index (χ0v) is 11.9. The van der Waals surface area contributed by atoms with E-state index in [4.69, 9.17) is 16.3 Å². The normalized spacial score (nSPS) is 11.2. The highest BCUT2D eigenvalue weighted by Crippen LogP contribution is 2.29. The second-order valence-corrected chi connectivity index (χ2v) is 5.72. The maximum atomic E-state index is 13.4. The Hall–Kier alpha value is -0.810. The number of carbonyl (C=O) groups excluding carboxylic acids is 1. The molecule has 3 nitrogen and oxygen atoms in total. The molecule has 1 aromatic rings. The first-order valence-corrected chi connectivity index (χ1v) is 6.00. The predicted molar refractivity (Wildman–Crippen MR) is 68.0 cm³/mol. The van der Waals surface area contributed by atoms with Crippen molar-refractivity contribution in [2.45, 2.75) is 26.3 Å². The summed E-state index contributed by atoms with van der Waals surface area (Å²) in [6.45, 7) is 5.38. The van der Waals surface area contributed by atoms with Crippen molar-refractivity contribution in [3.8, 4) is 5.75 Å². The van der Waals surface area contributed by atoms with Gasteiger partial charge in [0.25, 0.3) is 0 Å². The van der Waals surface area contributed by atoms with Crippen molar-refractivity contribution in [3.05, 3.63) is 27.4 Å². The van der Waals surface area contributed by atoms with E-state index in [9.17, 15) is 9.18 Å². The van der Waals surface area contributed by atoms with Gasteiger partial charge in [0.05, 0.1) is 5.02 Å². The molecule has 0 aliphatic carbocycles. The number of benzene rings is 1. The molecule has 0 saturated carbocycles. The molecule has 6 heteroatoms. The second-order valence-electron chi connectivity index (χ2n) is 4.46. The quantitative estimate of drug-likeness (QED) is 0.789. The van der Waals surface area contributed by atoms with Crippen molar-refractivity contribution in [1.82, 2.24) is 5.32 Å². The number of hydrogen-bond donors (Lipinski definition) is 1. The van der Waals surface area contributed by atoms with Crippen molar-refractivity contribution in [1.29, 1.82) is 0 Å². The maximum Gasteiger partial charge on any atom is 0.413 e. The van der Waals surface area contributed by atoms with Gasteiger partial charge in [0.2, 0.25) is 0 Å². The molecule has 1 amide bonds. The van der Waals surface area contributed by atoms with E-state index >= 15 is 0 Å². The third-order valence-electron chi connectivity index (χ3n) is 1.65. The zero-order chi connectivity index (χ0) is 13.2. The summed E-state index contributed by atoms with van der Waals surface area (Å²) < 4.78 is 18.7. The van der Waals surface area contributed by atoms with Crippen molar-refractivity contribution in [2.75, 3.05) is 0 Å². The van der Waals surface area contributed by atoms with Crippen LogP contribution in [0, 0.1) is 5.82 Å². The number of hydrogen-bond acceptors (Lipinski definition) is 2. The molecule has 0 radical (unpaired) electrons. The summed E-state index contributed by atoms with van der Waals surface area (Å²) in [5, 5.41) is 2.77. The van der Waals surface area contributed by atoms with Gasteiger partial charge in [-0.1, -0.05) is 11.6 Å². The molecule has 0 aliphatic rings. The van der Waals surface area contributed by atoms with Gasteiger partial charge in [-0.05, 0) is 48.8 Å². The summed E-state index contributed by atoms with van der Waals surface area (Å²) in [5.41, 5.74) is -0.447. The largest absolute Gasteiger partial charge is 0.413 e. The number of nitrogens with one attached hydrogen (secondary N) is 1. The van der Waals surface area contributed by atoms with Gasteiger partial charge in [0.15, 0.2) is 11.6 Å². The van der Waals surface area contributed by atoms with Crippen molar-refractivity contribution >= 4 is 33.6 Å². The van der Waals surface area contributed by atoms with Crippen molar-refractivity contribution < 1.29 is 13.9 Å². The van der Waals surface area contributed by atoms with E-state index in [0.29, 0.717) is 4.47 Å². The first-order chi connectivity index (χ1) is 7.69. The van der Waals surface area contributed by atoms with Crippen LogP contribution in [-0.4, -0.2) is 11.6 Å². The average molecular weight is 325 g/mol. The molecule has 1 N–H and O–H groups in total. The fourth-order valence-corrected chi connectivity index (χ4v) is 1.49. The lowest BCUT2D eigenvalue weighted by Gasteiger charge is -2.20. The van der Waals surface area contributed by atoms with E-state index in [1.807, 2.05) is 0 Å². The van der Waals surface area contributed by atoms with Crippen LogP contribution in [0.15, 0.2) is 16.6 Å². The first-order valence-electron chi connectivity index (χ1n) is 4.83. The number of rotatable bonds is 1. The Balaban J connectivity index is 2.82. The van der Waals surface area contributed by atoms with Crippen LogP contribution < -0.4 is 10.1 Å². The third kappa shape index (κ3) is 4.52.